The highest BCUT2D eigenvalue weighted by Gasteiger charge is 2.47. The van der Waals surface area contributed by atoms with Crippen LogP contribution in [0.15, 0.2) is 53.8 Å². The maximum atomic E-state index is 10.1. The Morgan fingerprint density at radius 3 is 2.60 bits per heavy atom. The summed E-state index contributed by atoms with van der Waals surface area (Å²) in [6.07, 6.45) is 13.0. The van der Waals surface area contributed by atoms with Gasteiger partial charge in [0, 0.05) is 75.1 Å². The molecule has 8 rings (SSSR count). The second kappa shape index (κ2) is 9.57. The lowest BCUT2D eigenvalue weighted by Gasteiger charge is -2.56. The number of aliphatic hydroxyl groups is 1. The van der Waals surface area contributed by atoms with E-state index in [2.05, 4.69) is 43.0 Å². The van der Waals surface area contributed by atoms with Gasteiger partial charge in [0.25, 0.3) is 0 Å². The fourth-order valence-corrected chi connectivity index (χ4v) is 6.64. The molecule has 0 aliphatic carbocycles. The number of likely N-dealkylation sites (tertiary alicyclic amines) is 1. The number of rotatable bonds is 6. The fraction of sp³-hybridized carbons (Fsp3) is 0.483. The minimum absolute atomic E-state index is 0.280. The molecule has 0 spiro atoms. The summed E-state index contributed by atoms with van der Waals surface area (Å²) in [4.78, 5) is 21.1. The highest BCUT2D eigenvalue weighted by Crippen LogP contribution is 2.42. The summed E-state index contributed by atoms with van der Waals surface area (Å²) in [6, 6.07) is 7.12. The van der Waals surface area contributed by atoms with Crippen LogP contribution in [-0.2, 0) is 6.54 Å². The first kappa shape index (κ1) is 25.0. The lowest BCUT2D eigenvalue weighted by Crippen LogP contribution is -2.68. The molecular formula is C29H33N9O2. The molecule has 8 heterocycles. The van der Waals surface area contributed by atoms with Gasteiger partial charge in [-0.05, 0) is 31.4 Å². The van der Waals surface area contributed by atoms with Gasteiger partial charge in [0.1, 0.15) is 17.3 Å². The molecule has 6 aliphatic rings. The number of aliphatic hydroxyl groups excluding tert-OH is 1. The first-order valence-corrected chi connectivity index (χ1v) is 13.9. The number of piperidine rings is 1. The molecule has 5 atom stereocenters. The predicted molar refractivity (Wildman–Crippen MR) is 149 cm³/mol. The van der Waals surface area contributed by atoms with Gasteiger partial charge in [-0.1, -0.05) is 6.07 Å². The molecule has 2 aromatic rings. The number of hydrogen-bond donors (Lipinski definition) is 1. The van der Waals surface area contributed by atoms with Gasteiger partial charge >= 0.3 is 0 Å². The van der Waals surface area contributed by atoms with Crippen LogP contribution in [0.25, 0.3) is 5.57 Å². The number of β-amino-alcohol motifs (C(OH)–C–C–N with tert-alkyl or cyclic N) is 1. The molecule has 206 valence electrons. The number of fused-ring (bicyclic) bond motifs is 3. The Labute approximate surface area is 233 Å². The Morgan fingerprint density at radius 2 is 1.95 bits per heavy atom. The molecule has 2 bridgehead atoms. The van der Waals surface area contributed by atoms with E-state index in [1.165, 1.54) is 12.0 Å². The predicted octanol–water partition coefficient (Wildman–Crippen LogP) is 1.85. The molecule has 0 aromatic carbocycles. The smallest absolute Gasteiger partial charge is 0.212 e. The van der Waals surface area contributed by atoms with Crippen LogP contribution in [0.2, 0.25) is 0 Å². The summed E-state index contributed by atoms with van der Waals surface area (Å²) < 4.78 is 5.18. The Kier molecular flexibility index (Phi) is 5.98. The van der Waals surface area contributed by atoms with Crippen LogP contribution >= 0.6 is 0 Å². The van der Waals surface area contributed by atoms with Crippen molar-refractivity contribution in [2.45, 2.75) is 50.5 Å². The van der Waals surface area contributed by atoms with Crippen molar-refractivity contribution in [3.05, 3.63) is 60.0 Å². The van der Waals surface area contributed by atoms with E-state index in [0.717, 1.165) is 55.4 Å². The number of hydrazone groups is 1. The number of aromatic nitrogens is 3. The molecule has 1 unspecified atom stereocenters. The summed E-state index contributed by atoms with van der Waals surface area (Å²) >= 11 is 0. The fourth-order valence-electron chi connectivity index (χ4n) is 6.64. The van der Waals surface area contributed by atoms with Crippen LogP contribution in [-0.4, -0.2) is 98.6 Å². The maximum Gasteiger partial charge on any atom is 0.212 e. The molecule has 6 aliphatic heterocycles. The van der Waals surface area contributed by atoms with E-state index in [0.29, 0.717) is 24.5 Å². The van der Waals surface area contributed by atoms with Crippen LogP contribution in [0.5, 0.6) is 5.88 Å². The van der Waals surface area contributed by atoms with Gasteiger partial charge in [0.05, 0.1) is 43.1 Å². The SMILES string of the molecule is COc1ccc(CN2[C@@H]3C[C@H]2CN(c2cnc(C4=CC(N5CC[C@H](O)C5)=CN5N=C[C@](C)(C#N)C45)cn2)C3)cn1. The molecule has 0 radical (unpaired) electrons. The van der Waals surface area contributed by atoms with Gasteiger partial charge in [0.15, 0.2) is 0 Å². The van der Waals surface area contributed by atoms with Crippen molar-refractivity contribution in [2.24, 2.45) is 10.5 Å². The van der Waals surface area contributed by atoms with Crippen LogP contribution in [0.1, 0.15) is 31.0 Å². The van der Waals surface area contributed by atoms with E-state index < -0.39 is 5.41 Å². The van der Waals surface area contributed by atoms with Gasteiger partial charge in [-0.3, -0.25) is 14.9 Å². The quantitative estimate of drug-likeness (QED) is 0.583. The highest BCUT2D eigenvalue weighted by molar-refractivity contribution is 5.83. The number of nitrogens with zero attached hydrogens (tertiary/aromatic N) is 9. The average molecular weight is 540 g/mol. The van der Waals surface area contributed by atoms with Crippen molar-refractivity contribution in [1.82, 2.24) is 29.8 Å². The maximum absolute atomic E-state index is 10.1. The van der Waals surface area contributed by atoms with E-state index >= 15 is 0 Å². The number of methoxy groups -OCH3 is 1. The zero-order chi connectivity index (χ0) is 27.4. The normalized spacial score (nSPS) is 30.9. The van der Waals surface area contributed by atoms with Gasteiger partial charge < -0.3 is 19.6 Å². The third-order valence-corrected chi connectivity index (χ3v) is 8.90. The van der Waals surface area contributed by atoms with Crippen molar-refractivity contribution in [3.63, 3.8) is 0 Å². The van der Waals surface area contributed by atoms with E-state index in [9.17, 15) is 10.4 Å². The Morgan fingerprint density at radius 1 is 1.10 bits per heavy atom. The largest absolute Gasteiger partial charge is 0.481 e. The highest BCUT2D eigenvalue weighted by atomic mass is 16.5. The molecule has 0 saturated carbocycles. The monoisotopic (exact) mass is 539 g/mol. The number of pyridine rings is 1. The summed E-state index contributed by atoms with van der Waals surface area (Å²) in [6.45, 7) is 5.99. The van der Waals surface area contributed by atoms with Crippen molar-refractivity contribution in [3.8, 4) is 11.9 Å². The van der Waals surface area contributed by atoms with Gasteiger partial charge in [-0.2, -0.15) is 10.4 Å². The number of anilines is 1. The summed E-state index contributed by atoms with van der Waals surface area (Å²) in [5.74, 6) is 1.51. The minimum atomic E-state index is -0.782. The molecule has 2 aromatic heterocycles. The standard InChI is InChI=1S/C29H33N9O2/c1-29(17-30)18-34-38-15-20(35-6-5-23(39)16-35)8-24(28(29)38)25-10-32-26(11-31-25)36-13-21-7-22(14-36)37(21)12-19-3-4-27(40-2)33-9-19/h3-4,8-11,15,18,21-23,28,39H,5-7,12-14,16H2,1-2H3/t21-,22+,23-,28?,29-/m0/s1. The number of ether oxygens (including phenoxy) is 1. The third kappa shape index (κ3) is 4.19. The molecule has 4 saturated heterocycles. The lowest BCUT2D eigenvalue weighted by atomic mass is 9.79. The first-order valence-electron chi connectivity index (χ1n) is 13.9. The Hall–Kier alpha value is -4.01. The van der Waals surface area contributed by atoms with Crippen molar-refractivity contribution in [1.29, 1.82) is 5.26 Å². The second-order valence-corrected chi connectivity index (χ2v) is 11.6. The Balaban J connectivity index is 1.08. The zero-order valence-electron chi connectivity index (χ0n) is 22.8. The van der Waals surface area contributed by atoms with Crippen molar-refractivity contribution in [2.75, 3.05) is 38.2 Å². The van der Waals surface area contributed by atoms with Gasteiger partial charge in [0.2, 0.25) is 5.88 Å². The molecule has 11 heteroatoms. The van der Waals surface area contributed by atoms with Gasteiger partial charge in [-0.25, -0.2) is 9.97 Å². The van der Waals surface area contributed by atoms with Crippen LogP contribution < -0.4 is 9.64 Å². The van der Waals surface area contributed by atoms with Crippen LogP contribution in [0.3, 0.4) is 0 Å². The number of nitriles is 1. The van der Waals surface area contributed by atoms with Crippen LogP contribution in [0, 0.1) is 16.7 Å². The molecule has 4 fully saturated rings. The van der Waals surface area contributed by atoms with Crippen molar-refractivity contribution >= 4 is 17.6 Å². The molecule has 1 N–H and O–H groups in total. The van der Waals surface area contributed by atoms with Gasteiger partial charge in [-0.15, -0.1) is 0 Å². The summed E-state index contributed by atoms with van der Waals surface area (Å²) in [5.41, 5.74) is 3.04. The minimum Gasteiger partial charge on any atom is -0.481 e. The van der Waals surface area contributed by atoms with E-state index in [-0.39, 0.29) is 12.1 Å². The molecule has 0 amide bonds. The zero-order valence-corrected chi connectivity index (χ0v) is 22.8. The summed E-state index contributed by atoms with van der Waals surface area (Å²) in [7, 11) is 1.63. The number of allylic oxidation sites excluding steroid dienone is 1. The topological polar surface area (TPSA) is 117 Å². The summed E-state index contributed by atoms with van der Waals surface area (Å²) in [5, 5.41) is 26.5. The average Bonchev–Trinajstić information content (AvgIpc) is 3.59. The van der Waals surface area contributed by atoms with Crippen molar-refractivity contribution < 1.29 is 9.84 Å². The number of hydrogen-bond acceptors (Lipinski definition) is 11. The third-order valence-electron chi connectivity index (χ3n) is 8.90. The van der Waals surface area contributed by atoms with E-state index in [1.54, 1.807) is 13.3 Å². The van der Waals surface area contributed by atoms with Crippen LogP contribution in [0.4, 0.5) is 5.82 Å². The molecule has 40 heavy (non-hydrogen) atoms. The Bertz CT molecular complexity index is 1400. The lowest BCUT2D eigenvalue weighted by molar-refractivity contribution is -0.00879. The molecule has 11 nitrogen and oxygen atoms in total. The second-order valence-electron chi connectivity index (χ2n) is 11.6. The molecular weight excluding hydrogens is 506 g/mol. The van der Waals surface area contributed by atoms with E-state index in [1.807, 2.05) is 42.8 Å². The van der Waals surface area contributed by atoms with E-state index in [4.69, 9.17) is 14.7 Å². The first-order chi connectivity index (χ1) is 19.4. The number of piperazine rings is 1.